The fourth-order valence-corrected chi connectivity index (χ4v) is 0.144. The van der Waals surface area contributed by atoms with Gasteiger partial charge in [-0.2, -0.15) is 0 Å². The molecule has 0 aromatic heterocycles. The highest BCUT2D eigenvalue weighted by Crippen LogP contribution is 1.88. The van der Waals surface area contributed by atoms with E-state index >= 15 is 0 Å². The van der Waals surface area contributed by atoms with Crippen LogP contribution in [0.3, 0.4) is 0 Å². The van der Waals surface area contributed by atoms with Crippen molar-refractivity contribution < 1.29 is 0 Å². The summed E-state index contributed by atoms with van der Waals surface area (Å²) in [6, 6.07) is 0. The highest BCUT2D eigenvalue weighted by atomic mass is 14.5. The van der Waals surface area contributed by atoms with Crippen LogP contribution in [0.15, 0.2) is 12.2 Å². The van der Waals surface area contributed by atoms with Crippen LogP contribution in [0.2, 0.25) is 0 Å². The molecular formula is C7H17N. The van der Waals surface area contributed by atoms with Crippen molar-refractivity contribution in [1.29, 1.82) is 0 Å². The molecular weight excluding hydrogens is 98.1 g/mol. The molecule has 0 aliphatic carbocycles. The molecule has 0 saturated carbocycles. The van der Waals surface area contributed by atoms with E-state index < -0.39 is 0 Å². The van der Waals surface area contributed by atoms with E-state index in [1.54, 1.807) is 0 Å². The molecule has 0 fully saturated rings. The van der Waals surface area contributed by atoms with Crippen LogP contribution in [0.1, 0.15) is 27.2 Å². The lowest BCUT2D eigenvalue weighted by molar-refractivity contribution is 1.02. The van der Waals surface area contributed by atoms with E-state index in [-0.39, 0.29) is 0 Å². The number of hydrogen-bond donors (Lipinski definition) is 1. The molecule has 0 aromatic carbocycles. The Morgan fingerprint density at radius 3 is 1.88 bits per heavy atom. The predicted octanol–water partition coefficient (Wildman–Crippen LogP) is 1.94. The van der Waals surface area contributed by atoms with Crippen LogP contribution in [0.5, 0.6) is 0 Å². The summed E-state index contributed by atoms with van der Waals surface area (Å²) in [5.41, 5.74) is 6.30. The minimum atomic E-state index is 0.635. The highest BCUT2D eigenvalue weighted by Gasteiger charge is 1.78. The van der Waals surface area contributed by atoms with E-state index in [2.05, 4.69) is 13.5 Å². The van der Waals surface area contributed by atoms with Gasteiger partial charge in [-0.05, 0) is 6.42 Å². The van der Waals surface area contributed by atoms with Gasteiger partial charge in [0.1, 0.15) is 0 Å². The molecule has 8 heavy (non-hydrogen) atoms. The van der Waals surface area contributed by atoms with Crippen molar-refractivity contribution in [2.75, 3.05) is 6.54 Å². The number of rotatable bonds is 2. The average Bonchev–Trinajstić information content (AvgIpc) is 1.91. The van der Waals surface area contributed by atoms with Gasteiger partial charge in [0.15, 0.2) is 0 Å². The van der Waals surface area contributed by atoms with E-state index in [0.29, 0.717) is 6.54 Å². The molecule has 0 spiro atoms. The number of nitrogens with two attached hydrogens (primary N) is 1. The highest BCUT2D eigenvalue weighted by molar-refractivity contribution is 4.92. The average molecular weight is 115 g/mol. The van der Waals surface area contributed by atoms with Gasteiger partial charge in [0.05, 0.1) is 0 Å². The topological polar surface area (TPSA) is 26.0 Å². The van der Waals surface area contributed by atoms with Gasteiger partial charge in [-0.25, -0.2) is 0 Å². The zero-order valence-corrected chi connectivity index (χ0v) is 6.20. The summed E-state index contributed by atoms with van der Waals surface area (Å²) in [4.78, 5) is 0. The summed E-state index contributed by atoms with van der Waals surface area (Å²) >= 11 is 0. The molecule has 0 heterocycles. The molecule has 0 saturated heterocycles. The maximum absolute atomic E-state index is 5.18. The van der Waals surface area contributed by atoms with Crippen LogP contribution in [-0.4, -0.2) is 6.54 Å². The smallest absolute Gasteiger partial charge is 0.0134 e. The van der Waals surface area contributed by atoms with E-state index in [1.165, 1.54) is 0 Å². The van der Waals surface area contributed by atoms with Crippen molar-refractivity contribution in [3.8, 4) is 0 Å². The van der Waals surface area contributed by atoms with Gasteiger partial charge in [0.2, 0.25) is 0 Å². The van der Waals surface area contributed by atoms with E-state index in [0.717, 1.165) is 12.0 Å². The van der Waals surface area contributed by atoms with Crippen LogP contribution in [-0.2, 0) is 0 Å². The SMILES string of the molecule is C=C(CC)CN.CC. The van der Waals surface area contributed by atoms with E-state index in [4.69, 9.17) is 5.73 Å². The van der Waals surface area contributed by atoms with Gasteiger partial charge in [-0.3, -0.25) is 0 Å². The lowest BCUT2D eigenvalue weighted by Crippen LogP contribution is -1.99. The molecule has 0 aromatic rings. The molecule has 1 heteroatoms. The van der Waals surface area contributed by atoms with Gasteiger partial charge < -0.3 is 5.73 Å². The first-order chi connectivity index (χ1) is 3.81. The molecule has 50 valence electrons. The van der Waals surface area contributed by atoms with E-state index in [9.17, 15) is 0 Å². The maximum atomic E-state index is 5.18. The predicted molar refractivity (Wildman–Crippen MR) is 39.8 cm³/mol. The third kappa shape index (κ3) is 9.20. The summed E-state index contributed by atoms with van der Waals surface area (Å²) < 4.78 is 0. The van der Waals surface area contributed by atoms with Crippen molar-refractivity contribution >= 4 is 0 Å². The lowest BCUT2D eigenvalue weighted by Gasteiger charge is -1.89. The van der Waals surface area contributed by atoms with Gasteiger partial charge in [0, 0.05) is 6.54 Å². The normalized spacial score (nSPS) is 7.00. The molecule has 0 rings (SSSR count). The Labute approximate surface area is 52.6 Å². The minimum absolute atomic E-state index is 0.635. The summed E-state index contributed by atoms with van der Waals surface area (Å²) in [6.07, 6.45) is 1.01. The largest absolute Gasteiger partial charge is 0.327 e. The molecule has 0 unspecified atom stereocenters. The van der Waals surface area contributed by atoms with Crippen molar-refractivity contribution in [3.63, 3.8) is 0 Å². The Hall–Kier alpha value is -0.300. The molecule has 0 atom stereocenters. The van der Waals surface area contributed by atoms with Crippen LogP contribution >= 0.6 is 0 Å². The third-order valence-electron chi connectivity index (χ3n) is 0.789. The zero-order chi connectivity index (χ0) is 6.99. The molecule has 0 aliphatic heterocycles. The standard InChI is InChI=1S/C5H11N.C2H6/c1-3-5(2)4-6;1-2/h2-4,6H2,1H3;1-2H3. The Kier molecular flexibility index (Phi) is 13.1. The summed E-state index contributed by atoms with van der Waals surface area (Å²) in [5, 5.41) is 0. The second kappa shape index (κ2) is 9.85. The molecule has 1 nitrogen and oxygen atoms in total. The first kappa shape index (κ1) is 10.6. The first-order valence-electron chi connectivity index (χ1n) is 3.18. The first-order valence-corrected chi connectivity index (χ1v) is 3.18. The fourth-order valence-electron chi connectivity index (χ4n) is 0.144. The van der Waals surface area contributed by atoms with Gasteiger partial charge in [0.25, 0.3) is 0 Å². The van der Waals surface area contributed by atoms with Gasteiger partial charge in [-0.1, -0.05) is 32.9 Å². The molecule has 0 radical (unpaired) electrons. The molecule has 2 N–H and O–H groups in total. The summed E-state index contributed by atoms with van der Waals surface area (Å²) in [6.45, 7) is 10.4. The monoisotopic (exact) mass is 115 g/mol. The van der Waals surface area contributed by atoms with Crippen molar-refractivity contribution in [3.05, 3.63) is 12.2 Å². The summed E-state index contributed by atoms with van der Waals surface area (Å²) in [5.74, 6) is 0. The lowest BCUT2D eigenvalue weighted by atomic mass is 10.2. The molecule has 0 aliphatic rings. The van der Waals surface area contributed by atoms with Crippen LogP contribution < -0.4 is 5.73 Å². The quantitative estimate of drug-likeness (QED) is 0.547. The summed E-state index contributed by atoms with van der Waals surface area (Å²) in [7, 11) is 0. The Morgan fingerprint density at radius 1 is 1.50 bits per heavy atom. The van der Waals surface area contributed by atoms with Crippen molar-refractivity contribution in [2.24, 2.45) is 5.73 Å². The van der Waals surface area contributed by atoms with Gasteiger partial charge in [-0.15, -0.1) is 0 Å². The second-order valence-corrected chi connectivity index (χ2v) is 1.31. The second-order valence-electron chi connectivity index (χ2n) is 1.31. The van der Waals surface area contributed by atoms with Crippen LogP contribution in [0.25, 0.3) is 0 Å². The van der Waals surface area contributed by atoms with Crippen molar-refractivity contribution in [2.45, 2.75) is 27.2 Å². The Bertz CT molecular complexity index is 42.3. The molecule has 0 bridgehead atoms. The minimum Gasteiger partial charge on any atom is -0.327 e. The molecule has 0 amide bonds. The van der Waals surface area contributed by atoms with Crippen LogP contribution in [0, 0.1) is 0 Å². The van der Waals surface area contributed by atoms with Gasteiger partial charge >= 0.3 is 0 Å². The number of hydrogen-bond acceptors (Lipinski definition) is 1. The third-order valence-corrected chi connectivity index (χ3v) is 0.789. The zero-order valence-electron chi connectivity index (χ0n) is 6.20. The van der Waals surface area contributed by atoms with Crippen molar-refractivity contribution in [1.82, 2.24) is 0 Å². The van der Waals surface area contributed by atoms with E-state index in [1.807, 2.05) is 13.8 Å². The maximum Gasteiger partial charge on any atom is 0.0134 e. The fraction of sp³-hybridized carbons (Fsp3) is 0.714. The Morgan fingerprint density at radius 2 is 1.88 bits per heavy atom. The Balaban J connectivity index is 0. The van der Waals surface area contributed by atoms with Crippen LogP contribution in [0.4, 0.5) is 0 Å².